The van der Waals surface area contributed by atoms with Crippen LogP contribution in [-0.4, -0.2) is 54.6 Å². The number of ether oxygens (including phenoxy) is 3. The zero-order chi connectivity index (χ0) is 17.0. The summed E-state index contributed by atoms with van der Waals surface area (Å²) in [6.07, 6.45) is -1.72. The van der Waals surface area contributed by atoms with Crippen LogP contribution >= 0.6 is 0 Å². The Morgan fingerprint density at radius 1 is 1.43 bits per heavy atom. The average molecular weight is 323 g/mol. The number of nitrogens with zero attached hydrogens (tertiary/aromatic N) is 1. The van der Waals surface area contributed by atoms with Gasteiger partial charge in [0.2, 0.25) is 0 Å². The van der Waals surface area contributed by atoms with Crippen LogP contribution in [0.2, 0.25) is 0 Å². The van der Waals surface area contributed by atoms with Crippen molar-refractivity contribution in [3.8, 4) is 5.75 Å². The van der Waals surface area contributed by atoms with Crippen molar-refractivity contribution >= 4 is 6.09 Å². The number of carbonyl (C=O) groups excluding carboxylic acids is 1. The van der Waals surface area contributed by atoms with Crippen molar-refractivity contribution in [1.82, 2.24) is 4.90 Å². The minimum absolute atomic E-state index is 0.285. The molecule has 1 unspecified atom stereocenters. The fourth-order valence-electron chi connectivity index (χ4n) is 2.40. The molecule has 0 saturated carbocycles. The van der Waals surface area contributed by atoms with Crippen molar-refractivity contribution in [2.24, 2.45) is 0 Å². The first-order valence-corrected chi connectivity index (χ1v) is 7.72. The van der Waals surface area contributed by atoms with Crippen LogP contribution in [0.4, 0.5) is 4.79 Å². The SMILES string of the molecule is COc1cccc(C(O)[C@@H]2CN(C(=O)OC(C)(C)C)CCO2)c1. The van der Waals surface area contributed by atoms with Crippen molar-refractivity contribution < 1.29 is 24.1 Å². The number of methoxy groups -OCH3 is 1. The van der Waals surface area contributed by atoms with Gasteiger partial charge in [-0.15, -0.1) is 0 Å². The van der Waals surface area contributed by atoms with Gasteiger partial charge in [0.1, 0.15) is 23.6 Å². The molecule has 6 heteroatoms. The number of rotatable bonds is 3. The topological polar surface area (TPSA) is 68.2 Å². The summed E-state index contributed by atoms with van der Waals surface area (Å²) < 4.78 is 16.2. The summed E-state index contributed by atoms with van der Waals surface area (Å²) in [7, 11) is 1.58. The molecule has 1 heterocycles. The Kier molecular flexibility index (Phi) is 5.49. The van der Waals surface area contributed by atoms with E-state index in [1.54, 1.807) is 18.1 Å². The van der Waals surface area contributed by atoms with Crippen molar-refractivity contribution in [3.63, 3.8) is 0 Å². The number of benzene rings is 1. The minimum atomic E-state index is -0.838. The van der Waals surface area contributed by atoms with Gasteiger partial charge in [-0.3, -0.25) is 0 Å². The molecule has 0 aromatic heterocycles. The predicted molar refractivity (Wildman–Crippen MR) is 85.5 cm³/mol. The molecule has 6 nitrogen and oxygen atoms in total. The lowest BCUT2D eigenvalue weighted by Crippen LogP contribution is -2.49. The molecule has 2 atom stereocenters. The van der Waals surface area contributed by atoms with E-state index >= 15 is 0 Å². The number of aliphatic hydroxyl groups excluding tert-OH is 1. The molecule has 1 amide bonds. The monoisotopic (exact) mass is 323 g/mol. The Bertz CT molecular complexity index is 540. The molecule has 0 aliphatic carbocycles. The Balaban J connectivity index is 2.03. The van der Waals surface area contributed by atoms with E-state index in [1.165, 1.54) is 0 Å². The molecule has 1 aliphatic rings. The first kappa shape index (κ1) is 17.6. The summed E-state index contributed by atoms with van der Waals surface area (Å²) in [5.41, 5.74) is 0.149. The number of aliphatic hydroxyl groups is 1. The zero-order valence-corrected chi connectivity index (χ0v) is 14.1. The van der Waals surface area contributed by atoms with Gasteiger partial charge in [0, 0.05) is 6.54 Å². The highest BCUT2D eigenvalue weighted by Crippen LogP contribution is 2.26. The highest BCUT2D eigenvalue weighted by molar-refractivity contribution is 5.68. The van der Waals surface area contributed by atoms with Gasteiger partial charge in [-0.2, -0.15) is 0 Å². The Labute approximate surface area is 136 Å². The third kappa shape index (κ3) is 4.84. The Hall–Kier alpha value is -1.79. The third-order valence-electron chi connectivity index (χ3n) is 3.53. The van der Waals surface area contributed by atoms with E-state index in [-0.39, 0.29) is 12.6 Å². The van der Waals surface area contributed by atoms with E-state index in [9.17, 15) is 9.90 Å². The van der Waals surface area contributed by atoms with Gasteiger partial charge in [-0.1, -0.05) is 12.1 Å². The highest BCUT2D eigenvalue weighted by atomic mass is 16.6. The summed E-state index contributed by atoms with van der Waals surface area (Å²) in [5, 5.41) is 10.5. The van der Waals surface area contributed by atoms with E-state index in [0.29, 0.717) is 24.5 Å². The molecule has 1 aliphatic heterocycles. The number of hydrogen-bond donors (Lipinski definition) is 1. The largest absolute Gasteiger partial charge is 0.497 e. The second-order valence-corrected chi connectivity index (χ2v) is 6.56. The fourth-order valence-corrected chi connectivity index (χ4v) is 2.40. The molecule has 23 heavy (non-hydrogen) atoms. The number of carbonyl (C=O) groups is 1. The first-order valence-electron chi connectivity index (χ1n) is 7.72. The highest BCUT2D eigenvalue weighted by Gasteiger charge is 2.32. The molecule has 1 fully saturated rings. The van der Waals surface area contributed by atoms with E-state index < -0.39 is 17.8 Å². The van der Waals surface area contributed by atoms with Crippen LogP contribution in [0.5, 0.6) is 5.75 Å². The number of morpholine rings is 1. The van der Waals surface area contributed by atoms with Gasteiger partial charge in [-0.05, 0) is 38.5 Å². The van der Waals surface area contributed by atoms with E-state index in [0.717, 1.165) is 0 Å². The predicted octanol–water partition coefficient (Wildman–Crippen LogP) is 2.36. The van der Waals surface area contributed by atoms with Crippen LogP contribution in [0, 0.1) is 0 Å². The summed E-state index contributed by atoms with van der Waals surface area (Å²) in [4.78, 5) is 13.7. The van der Waals surface area contributed by atoms with Gasteiger partial charge in [-0.25, -0.2) is 4.79 Å². The smallest absolute Gasteiger partial charge is 0.410 e. The molecule has 1 N–H and O–H groups in total. The Morgan fingerprint density at radius 3 is 2.83 bits per heavy atom. The van der Waals surface area contributed by atoms with E-state index in [2.05, 4.69) is 0 Å². The maximum atomic E-state index is 12.2. The molecule has 1 saturated heterocycles. The van der Waals surface area contributed by atoms with Crippen molar-refractivity contribution in [2.75, 3.05) is 26.8 Å². The lowest BCUT2D eigenvalue weighted by atomic mass is 10.0. The van der Waals surface area contributed by atoms with Gasteiger partial charge in [0.25, 0.3) is 0 Å². The maximum absolute atomic E-state index is 12.2. The van der Waals surface area contributed by atoms with Crippen LogP contribution < -0.4 is 4.74 Å². The summed E-state index contributed by atoms with van der Waals surface area (Å²) in [6, 6.07) is 7.19. The summed E-state index contributed by atoms with van der Waals surface area (Å²) in [5.74, 6) is 0.668. The quantitative estimate of drug-likeness (QED) is 0.925. The normalized spacial score (nSPS) is 20.0. The van der Waals surface area contributed by atoms with Crippen LogP contribution in [0.3, 0.4) is 0 Å². The van der Waals surface area contributed by atoms with Gasteiger partial charge < -0.3 is 24.2 Å². The molecule has 0 radical (unpaired) electrons. The molecule has 1 aromatic rings. The van der Waals surface area contributed by atoms with Crippen LogP contribution in [0.1, 0.15) is 32.4 Å². The average Bonchev–Trinajstić information content (AvgIpc) is 2.52. The number of hydrogen-bond acceptors (Lipinski definition) is 5. The third-order valence-corrected chi connectivity index (χ3v) is 3.53. The standard InChI is InChI=1S/C17H25NO5/c1-17(2,3)23-16(20)18-8-9-22-14(11-18)15(19)12-6-5-7-13(10-12)21-4/h5-7,10,14-15,19H,8-9,11H2,1-4H3/t14-,15?/m0/s1. The van der Waals surface area contributed by atoms with E-state index in [1.807, 2.05) is 39.0 Å². The molecular formula is C17H25NO5. The molecule has 1 aromatic carbocycles. The summed E-state index contributed by atoms with van der Waals surface area (Å²) >= 11 is 0. The van der Waals surface area contributed by atoms with E-state index in [4.69, 9.17) is 14.2 Å². The fraction of sp³-hybridized carbons (Fsp3) is 0.588. The van der Waals surface area contributed by atoms with Gasteiger partial charge >= 0.3 is 6.09 Å². The Morgan fingerprint density at radius 2 is 2.17 bits per heavy atom. The maximum Gasteiger partial charge on any atom is 0.410 e. The minimum Gasteiger partial charge on any atom is -0.497 e. The lowest BCUT2D eigenvalue weighted by Gasteiger charge is -2.36. The second kappa shape index (κ2) is 7.19. The second-order valence-electron chi connectivity index (χ2n) is 6.56. The number of amides is 1. The molecule has 2 rings (SSSR count). The first-order chi connectivity index (χ1) is 10.8. The van der Waals surface area contributed by atoms with Crippen LogP contribution in [0.15, 0.2) is 24.3 Å². The molecule has 0 bridgehead atoms. The molecular weight excluding hydrogens is 298 g/mol. The molecule has 128 valence electrons. The van der Waals surface area contributed by atoms with Crippen LogP contribution in [-0.2, 0) is 9.47 Å². The summed E-state index contributed by atoms with van der Waals surface area (Å²) in [6.45, 7) is 6.59. The van der Waals surface area contributed by atoms with Crippen molar-refractivity contribution in [2.45, 2.75) is 38.6 Å². The van der Waals surface area contributed by atoms with Gasteiger partial charge in [0.15, 0.2) is 0 Å². The van der Waals surface area contributed by atoms with Crippen molar-refractivity contribution in [3.05, 3.63) is 29.8 Å². The van der Waals surface area contributed by atoms with Gasteiger partial charge in [0.05, 0.1) is 20.3 Å². The van der Waals surface area contributed by atoms with Crippen molar-refractivity contribution in [1.29, 1.82) is 0 Å². The molecule has 0 spiro atoms. The zero-order valence-electron chi connectivity index (χ0n) is 14.1. The van der Waals surface area contributed by atoms with Crippen LogP contribution in [0.25, 0.3) is 0 Å². The lowest BCUT2D eigenvalue weighted by molar-refractivity contribution is -0.0908.